The first-order chi connectivity index (χ1) is 8.15. The summed E-state index contributed by atoms with van der Waals surface area (Å²) in [6.45, 7) is 2.45. The number of carbonyl (C=O) groups is 1. The summed E-state index contributed by atoms with van der Waals surface area (Å²) < 4.78 is 0. The third-order valence-corrected chi connectivity index (χ3v) is 3.34. The number of amides is 1. The van der Waals surface area contributed by atoms with Crippen molar-refractivity contribution in [1.29, 1.82) is 0 Å². The zero-order chi connectivity index (χ0) is 12.3. The Hall–Kier alpha value is -1.39. The van der Waals surface area contributed by atoms with Gasteiger partial charge in [-0.1, -0.05) is 11.6 Å². The van der Waals surface area contributed by atoms with Crippen molar-refractivity contribution >= 4 is 28.8 Å². The fraction of sp³-hybridized carbons (Fsp3) is 0.167. The molecule has 0 aliphatic rings. The maximum Gasteiger partial charge on any atom is 0.251 e. The van der Waals surface area contributed by atoms with Gasteiger partial charge in [0.25, 0.3) is 5.91 Å². The molecule has 0 radical (unpaired) electrons. The highest BCUT2D eigenvalue weighted by Crippen LogP contribution is 2.12. The van der Waals surface area contributed by atoms with E-state index in [0.717, 1.165) is 9.88 Å². The van der Waals surface area contributed by atoms with Crippen molar-refractivity contribution in [3.63, 3.8) is 0 Å². The Morgan fingerprint density at radius 1 is 1.41 bits per heavy atom. The predicted molar refractivity (Wildman–Crippen MR) is 69.5 cm³/mol. The molecule has 1 heterocycles. The van der Waals surface area contributed by atoms with E-state index in [1.807, 2.05) is 6.92 Å². The Balaban J connectivity index is 1.95. The van der Waals surface area contributed by atoms with Crippen LogP contribution in [0.2, 0.25) is 5.02 Å². The van der Waals surface area contributed by atoms with Gasteiger partial charge >= 0.3 is 0 Å². The zero-order valence-corrected chi connectivity index (χ0v) is 10.8. The standard InChI is InChI=1S/C12H11ClN2OS/c1-8-6-14-11(17-8)7-15-12(16)9-2-4-10(13)5-3-9/h2-6H,7H2,1H3,(H,15,16). The van der Waals surface area contributed by atoms with Crippen LogP contribution in [0.5, 0.6) is 0 Å². The summed E-state index contributed by atoms with van der Waals surface area (Å²) in [5.41, 5.74) is 0.600. The number of nitrogens with zero attached hydrogens (tertiary/aromatic N) is 1. The molecule has 0 saturated carbocycles. The Morgan fingerprint density at radius 3 is 2.71 bits per heavy atom. The molecule has 1 aromatic heterocycles. The Labute approximate surface area is 108 Å². The second-order valence-corrected chi connectivity index (χ2v) is 5.31. The van der Waals surface area contributed by atoms with Crippen LogP contribution in [0, 0.1) is 6.92 Å². The van der Waals surface area contributed by atoms with Crippen molar-refractivity contribution in [3.8, 4) is 0 Å². The molecule has 17 heavy (non-hydrogen) atoms. The van der Waals surface area contributed by atoms with Gasteiger partial charge < -0.3 is 5.32 Å². The molecule has 0 aliphatic heterocycles. The quantitative estimate of drug-likeness (QED) is 0.928. The zero-order valence-electron chi connectivity index (χ0n) is 9.24. The van der Waals surface area contributed by atoms with Gasteiger partial charge in [-0.15, -0.1) is 11.3 Å². The largest absolute Gasteiger partial charge is 0.346 e. The van der Waals surface area contributed by atoms with Gasteiger partial charge in [-0.2, -0.15) is 0 Å². The summed E-state index contributed by atoms with van der Waals surface area (Å²) in [6, 6.07) is 6.80. The molecule has 2 rings (SSSR count). The number of nitrogens with one attached hydrogen (secondary N) is 1. The van der Waals surface area contributed by atoms with Crippen molar-refractivity contribution in [2.45, 2.75) is 13.5 Å². The van der Waals surface area contributed by atoms with E-state index in [-0.39, 0.29) is 5.91 Å². The van der Waals surface area contributed by atoms with Crippen LogP contribution in [0.15, 0.2) is 30.5 Å². The van der Waals surface area contributed by atoms with Crippen LogP contribution in [0.1, 0.15) is 20.2 Å². The summed E-state index contributed by atoms with van der Waals surface area (Å²) in [6.07, 6.45) is 1.80. The topological polar surface area (TPSA) is 42.0 Å². The van der Waals surface area contributed by atoms with E-state index in [2.05, 4.69) is 10.3 Å². The van der Waals surface area contributed by atoms with Crippen molar-refractivity contribution in [2.24, 2.45) is 0 Å². The van der Waals surface area contributed by atoms with E-state index in [1.54, 1.807) is 41.8 Å². The number of rotatable bonds is 3. The minimum atomic E-state index is -0.116. The van der Waals surface area contributed by atoms with Crippen LogP contribution in [0.25, 0.3) is 0 Å². The number of aromatic nitrogens is 1. The molecule has 1 aromatic carbocycles. The van der Waals surface area contributed by atoms with Gasteiger partial charge in [0.1, 0.15) is 5.01 Å². The van der Waals surface area contributed by atoms with Gasteiger partial charge in [-0.05, 0) is 31.2 Å². The maximum absolute atomic E-state index is 11.8. The molecule has 5 heteroatoms. The van der Waals surface area contributed by atoms with Crippen molar-refractivity contribution in [2.75, 3.05) is 0 Å². The average molecular weight is 267 g/mol. The average Bonchev–Trinajstić information content (AvgIpc) is 2.73. The summed E-state index contributed by atoms with van der Waals surface area (Å²) in [5, 5.41) is 4.34. The number of carbonyl (C=O) groups excluding carboxylic acids is 1. The van der Waals surface area contributed by atoms with Crippen molar-refractivity contribution in [1.82, 2.24) is 10.3 Å². The van der Waals surface area contributed by atoms with Gasteiger partial charge in [-0.25, -0.2) is 4.98 Å². The van der Waals surface area contributed by atoms with E-state index in [0.29, 0.717) is 17.1 Å². The highest BCUT2D eigenvalue weighted by Gasteiger charge is 2.06. The highest BCUT2D eigenvalue weighted by molar-refractivity contribution is 7.11. The molecule has 0 aliphatic carbocycles. The molecule has 0 atom stereocenters. The fourth-order valence-electron chi connectivity index (χ4n) is 1.34. The number of aryl methyl sites for hydroxylation is 1. The maximum atomic E-state index is 11.8. The lowest BCUT2D eigenvalue weighted by molar-refractivity contribution is 0.0951. The van der Waals surface area contributed by atoms with Gasteiger partial charge in [0, 0.05) is 21.7 Å². The monoisotopic (exact) mass is 266 g/mol. The van der Waals surface area contributed by atoms with Crippen LogP contribution in [0.3, 0.4) is 0 Å². The van der Waals surface area contributed by atoms with Crippen molar-refractivity contribution < 1.29 is 4.79 Å². The number of halogens is 1. The Bertz CT molecular complexity index is 522. The molecule has 2 aromatic rings. The van der Waals surface area contributed by atoms with Gasteiger partial charge in [-0.3, -0.25) is 4.79 Å². The second kappa shape index (κ2) is 5.29. The molecule has 0 saturated heterocycles. The lowest BCUT2D eigenvalue weighted by Gasteiger charge is -2.02. The first kappa shape index (κ1) is 12.1. The first-order valence-electron chi connectivity index (χ1n) is 5.10. The summed E-state index contributed by atoms with van der Waals surface area (Å²) in [5.74, 6) is -0.116. The second-order valence-electron chi connectivity index (χ2n) is 3.55. The van der Waals surface area contributed by atoms with Crippen LogP contribution in [-0.4, -0.2) is 10.9 Å². The normalized spacial score (nSPS) is 10.2. The van der Waals surface area contributed by atoms with Gasteiger partial charge in [0.2, 0.25) is 0 Å². The Kier molecular flexibility index (Phi) is 3.76. The van der Waals surface area contributed by atoms with Crippen molar-refractivity contribution in [3.05, 3.63) is 50.9 Å². The predicted octanol–water partition coefficient (Wildman–Crippen LogP) is 3.03. The highest BCUT2D eigenvalue weighted by atomic mass is 35.5. The Morgan fingerprint density at radius 2 is 2.12 bits per heavy atom. The lowest BCUT2D eigenvalue weighted by atomic mass is 10.2. The van der Waals surface area contributed by atoms with E-state index >= 15 is 0 Å². The molecule has 0 unspecified atom stereocenters. The first-order valence-corrected chi connectivity index (χ1v) is 6.29. The third-order valence-electron chi connectivity index (χ3n) is 2.18. The number of hydrogen-bond donors (Lipinski definition) is 1. The van der Waals surface area contributed by atoms with Crippen LogP contribution < -0.4 is 5.32 Å². The van der Waals surface area contributed by atoms with E-state index in [4.69, 9.17) is 11.6 Å². The molecular formula is C12H11ClN2OS. The SMILES string of the molecule is Cc1cnc(CNC(=O)c2ccc(Cl)cc2)s1. The number of hydrogen-bond acceptors (Lipinski definition) is 3. The summed E-state index contributed by atoms with van der Waals surface area (Å²) in [4.78, 5) is 17.1. The lowest BCUT2D eigenvalue weighted by Crippen LogP contribution is -2.22. The molecule has 0 fully saturated rings. The summed E-state index contributed by atoms with van der Waals surface area (Å²) in [7, 11) is 0. The van der Waals surface area contributed by atoms with E-state index < -0.39 is 0 Å². The molecule has 3 nitrogen and oxygen atoms in total. The molecule has 0 bridgehead atoms. The molecule has 1 amide bonds. The molecule has 0 spiro atoms. The van der Waals surface area contributed by atoms with Gasteiger partial charge in [0.15, 0.2) is 0 Å². The van der Waals surface area contributed by atoms with Crippen LogP contribution >= 0.6 is 22.9 Å². The van der Waals surface area contributed by atoms with E-state index in [1.165, 1.54) is 0 Å². The van der Waals surface area contributed by atoms with Crippen LogP contribution in [0.4, 0.5) is 0 Å². The van der Waals surface area contributed by atoms with Gasteiger partial charge in [0.05, 0.1) is 6.54 Å². The van der Waals surface area contributed by atoms with E-state index in [9.17, 15) is 4.79 Å². The third kappa shape index (κ3) is 3.28. The molecule has 1 N–H and O–H groups in total. The smallest absolute Gasteiger partial charge is 0.251 e. The minimum Gasteiger partial charge on any atom is -0.346 e. The van der Waals surface area contributed by atoms with Crippen LogP contribution in [-0.2, 0) is 6.54 Å². The fourth-order valence-corrected chi connectivity index (χ4v) is 2.20. The summed E-state index contributed by atoms with van der Waals surface area (Å²) >= 11 is 7.33. The number of thiazole rings is 1. The number of benzene rings is 1. The molecular weight excluding hydrogens is 256 g/mol. The molecule has 88 valence electrons. The minimum absolute atomic E-state index is 0.116.